The van der Waals surface area contributed by atoms with Gasteiger partial charge in [-0.3, -0.25) is 19.2 Å². The van der Waals surface area contributed by atoms with Crippen LogP contribution in [0.4, 0.5) is 11.4 Å². The molecule has 2 amide bonds. The normalized spacial score (nSPS) is 14.9. The lowest BCUT2D eigenvalue weighted by molar-refractivity contribution is 0.0992. The number of H-pyrrole nitrogens is 2. The number of nitrogens with zero attached hydrogens (tertiary/aromatic N) is 2. The van der Waals surface area contributed by atoms with Crippen molar-refractivity contribution in [3.8, 4) is 44.5 Å². The summed E-state index contributed by atoms with van der Waals surface area (Å²) in [4.78, 5) is 71.4. The smallest absolute Gasteiger partial charge is 0.255 e. The molecule has 10 heteroatoms. The fraction of sp³-hybridized carbons (Fsp3) is 0.137. The highest BCUT2D eigenvalue weighted by Gasteiger charge is 2.27. The first-order chi connectivity index (χ1) is 50.8. The Morgan fingerprint density at radius 2 is 0.800 bits per heavy atom. The number of fused-ring (bicyclic) bond motifs is 9. The van der Waals surface area contributed by atoms with E-state index in [1.54, 1.807) is 6.07 Å². The number of rotatable bonds is 18. The molecule has 10 nitrogen and oxygen atoms in total. The maximum Gasteiger partial charge on any atom is 0.255 e. The standard InChI is InChI=1S/C95H84N6O4/c1-60(15-10-11-16-61(2)18-13-20-63(4)27-47-78-66(7)21-14-58-95(78,8)9)17-12-19-62(3)22-28-67-29-35-72(36-30-67)93(104)96-74-42-37-70(38-43-74)91-83-52-48-79(98-83)89(68-31-23-64(5)24-32-68)81-50-54-85(100-81)92(86-55-51-82(101-86)90(80-49-53-84(91)99-80)69-33-25-65(6)26-34-69)71-39-44-75(45-40-71)97-94(105)73-41-46-76-77(59-73)88(103)57-56-87(76)102/h10-13,15-20,22-57,59,98,101H,14,21,58H2,1-9H3,(H,96,104)(H,97,105)/b11-10+,17-12+,18-13+,28-22+,47-27+,60-15+,61-16+,62-19+,63-20+,89-79?,89-81?,90-80?,90-82?,91-83?,91-84?,92-85?,92-86?. The lowest BCUT2D eigenvalue weighted by Gasteiger charge is -2.32. The number of hydrogen-bond donors (Lipinski definition) is 4. The van der Waals surface area contributed by atoms with Gasteiger partial charge in [0.25, 0.3) is 11.8 Å². The second-order valence-electron chi connectivity index (χ2n) is 28.1. The molecule has 0 unspecified atom stereocenters. The van der Waals surface area contributed by atoms with Crippen molar-refractivity contribution in [2.75, 3.05) is 10.6 Å². The highest BCUT2D eigenvalue weighted by molar-refractivity contribution is 6.23. The van der Waals surface area contributed by atoms with Crippen LogP contribution in [0.15, 0.2) is 288 Å². The first kappa shape index (κ1) is 70.8. The van der Waals surface area contributed by atoms with Crippen LogP contribution in [0, 0.1) is 19.3 Å². The van der Waals surface area contributed by atoms with Crippen molar-refractivity contribution in [3.05, 3.63) is 350 Å². The second-order valence-corrected chi connectivity index (χ2v) is 28.1. The minimum absolute atomic E-state index is 0.203. The molecule has 105 heavy (non-hydrogen) atoms. The zero-order chi connectivity index (χ0) is 73.3. The van der Waals surface area contributed by atoms with Gasteiger partial charge in [0, 0.05) is 77.9 Å². The van der Waals surface area contributed by atoms with E-state index < -0.39 is 5.91 Å². The number of carbonyl (C=O) groups is 4. The van der Waals surface area contributed by atoms with E-state index in [0.29, 0.717) is 16.9 Å². The monoisotopic (exact) mass is 1370 g/mol. The number of allylic oxidation sites excluding steroid dienone is 21. The number of ketones is 2. The van der Waals surface area contributed by atoms with Gasteiger partial charge in [0.2, 0.25) is 0 Å². The molecule has 0 radical (unpaired) electrons. The number of aryl methyl sites for hydroxylation is 2. The fourth-order valence-electron chi connectivity index (χ4n) is 13.7. The maximum atomic E-state index is 13.9. The van der Waals surface area contributed by atoms with Crippen molar-refractivity contribution >= 4 is 87.2 Å². The molecule has 8 bridgehead atoms. The van der Waals surface area contributed by atoms with Crippen LogP contribution >= 0.6 is 0 Å². The molecule has 0 fully saturated rings. The van der Waals surface area contributed by atoms with Gasteiger partial charge in [-0.25, -0.2) is 9.97 Å². The number of anilines is 2. The Balaban J connectivity index is 0.743. The fourth-order valence-corrected chi connectivity index (χ4v) is 13.7. The van der Waals surface area contributed by atoms with Crippen molar-refractivity contribution in [2.45, 2.75) is 81.6 Å². The summed E-state index contributed by atoms with van der Waals surface area (Å²) in [6.45, 7) is 19.6. The van der Waals surface area contributed by atoms with Gasteiger partial charge in [-0.2, -0.15) is 0 Å². The summed E-state index contributed by atoms with van der Waals surface area (Å²) in [5.41, 5.74) is 27.1. The Morgan fingerprint density at radius 1 is 0.419 bits per heavy atom. The second kappa shape index (κ2) is 31.3. The summed E-state index contributed by atoms with van der Waals surface area (Å²) in [5.74, 6) is -1.23. The van der Waals surface area contributed by atoms with Crippen LogP contribution in [0.5, 0.6) is 0 Å². The number of benzene rings is 6. The first-order valence-corrected chi connectivity index (χ1v) is 35.7. The Morgan fingerprint density at radius 3 is 1.24 bits per heavy atom. The SMILES string of the molecule is CC1=C(/C=C/C(C)=C/C=C/C(C)=C/C=C/C=C(C)/C=C/C=C(C)/C=C/c2ccc(C(=O)Nc3ccc(-c4c5nc(c(-c6ccc(C)cc6)c6ccc([nH]6)c(-c6ccc(NC(=O)c7ccc8c(c7)C(=O)C=CC8=O)cc6)c6nc(c(-c7ccc(C)cc7)c7ccc4[nH]7)C=C6)C=C5)cc3)cc2)C(C)(C)CCC1. The summed E-state index contributed by atoms with van der Waals surface area (Å²) in [6.07, 6.45) is 44.2. The van der Waals surface area contributed by atoms with E-state index in [0.717, 1.165) is 117 Å². The Labute approximate surface area is 615 Å². The number of amides is 2. The molecule has 5 heterocycles. The lowest BCUT2D eigenvalue weighted by atomic mass is 9.72. The van der Waals surface area contributed by atoms with Crippen molar-refractivity contribution in [1.29, 1.82) is 0 Å². The summed E-state index contributed by atoms with van der Waals surface area (Å²) >= 11 is 0. The van der Waals surface area contributed by atoms with Gasteiger partial charge in [-0.15, -0.1) is 0 Å². The van der Waals surface area contributed by atoms with Gasteiger partial charge in [0.1, 0.15) is 0 Å². The number of carbonyl (C=O) groups excluding carboxylic acids is 4. The lowest BCUT2D eigenvalue weighted by Crippen LogP contribution is -2.19. The zero-order valence-electron chi connectivity index (χ0n) is 60.8. The number of hydrogen-bond acceptors (Lipinski definition) is 6. The van der Waals surface area contributed by atoms with E-state index in [2.05, 4.69) is 259 Å². The summed E-state index contributed by atoms with van der Waals surface area (Å²) in [5, 5.41) is 6.12. The van der Waals surface area contributed by atoms with Gasteiger partial charge in [-0.1, -0.05) is 223 Å². The maximum absolute atomic E-state index is 13.9. The third-order valence-electron chi connectivity index (χ3n) is 19.5. The van der Waals surface area contributed by atoms with Gasteiger partial charge in [0.15, 0.2) is 11.6 Å². The summed E-state index contributed by atoms with van der Waals surface area (Å²) < 4.78 is 0. The third-order valence-corrected chi connectivity index (χ3v) is 19.5. The van der Waals surface area contributed by atoms with Crippen molar-refractivity contribution < 1.29 is 19.2 Å². The van der Waals surface area contributed by atoms with Crippen molar-refractivity contribution in [1.82, 2.24) is 19.9 Å². The van der Waals surface area contributed by atoms with Crippen LogP contribution in [-0.2, 0) is 0 Å². The third kappa shape index (κ3) is 16.6. The first-order valence-electron chi connectivity index (χ1n) is 35.7. The number of aromatic amines is 2. The Kier molecular flexibility index (Phi) is 21.1. The molecule has 0 saturated carbocycles. The Hall–Kier alpha value is -12.7. The zero-order valence-corrected chi connectivity index (χ0v) is 60.8. The average molecular weight is 1370 g/mol. The van der Waals surface area contributed by atoms with Crippen LogP contribution in [0.2, 0.25) is 0 Å². The van der Waals surface area contributed by atoms with E-state index in [4.69, 9.17) is 9.97 Å². The predicted molar refractivity (Wildman–Crippen MR) is 438 cm³/mol. The van der Waals surface area contributed by atoms with Crippen LogP contribution in [0.25, 0.3) is 97.0 Å². The highest BCUT2D eigenvalue weighted by Crippen LogP contribution is 2.42. The predicted octanol–water partition coefficient (Wildman–Crippen LogP) is 23.9. The van der Waals surface area contributed by atoms with E-state index >= 15 is 0 Å². The average Bonchev–Trinajstić information content (AvgIpc) is 1.62. The van der Waals surface area contributed by atoms with E-state index in [1.165, 1.54) is 65.8 Å². The summed E-state index contributed by atoms with van der Waals surface area (Å²) in [7, 11) is 0. The minimum Gasteiger partial charge on any atom is -0.354 e. The molecule has 13 rings (SSSR count). The molecule has 6 aromatic carbocycles. The molecular formula is C95H84N6O4. The summed E-state index contributed by atoms with van der Waals surface area (Å²) in [6, 6.07) is 52.9. The minimum atomic E-state index is -0.416. The molecule has 9 aromatic rings. The molecule has 2 aliphatic carbocycles. The van der Waals surface area contributed by atoms with Crippen molar-refractivity contribution in [2.24, 2.45) is 5.41 Å². The Bertz CT molecular complexity index is 5520. The van der Waals surface area contributed by atoms with E-state index in [-0.39, 0.29) is 39.6 Å². The van der Waals surface area contributed by atoms with Crippen LogP contribution < -0.4 is 10.6 Å². The quantitative estimate of drug-likeness (QED) is 0.0629. The largest absolute Gasteiger partial charge is 0.354 e. The van der Waals surface area contributed by atoms with Gasteiger partial charge < -0.3 is 20.6 Å². The molecule has 2 aliphatic heterocycles. The molecular weight excluding hydrogens is 1290 g/mol. The molecule has 0 atom stereocenters. The van der Waals surface area contributed by atoms with Crippen LogP contribution in [0.1, 0.15) is 149 Å². The number of aromatic nitrogens is 4. The molecule has 0 spiro atoms. The highest BCUT2D eigenvalue weighted by atomic mass is 16.2. The van der Waals surface area contributed by atoms with Crippen molar-refractivity contribution in [3.63, 3.8) is 0 Å². The van der Waals surface area contributed by atoms with E-state index in [1.807, 2.05) is 78.9 Å². The molecule has 4 aliphatic rings. The molecule has 4 N–H and O–H groups in total. The number of nitrogens with one attached hydrogen (secondary N) is 4. The van der Waals surface area contributed by atoms with Crippen LogP contribution in [0.3, 0.4) is 0 Å². The van der Waals surface area contributed by atoms with Crippen LogP contribution in [-0.4, -0.2) is 43.3 Å². The van der Waals surface area contributed by atoms with Gasteiger partial charge in [-0.05, 0) is 222 Å². The topological polar surface area (TPSA) is 150 Å². The molecule has 0 saturated heterocycles. The van der Waals surface area contributed by atoms with Gasteiger partial charge in [0.05, 0.1) is 22.8 Å². The van der Waals surface area contributed by atoms with Gasteiger partial charge >= 0.3 is 0 Å². The molecule has 518 valence electrons. The molecule has 3 aromatic heterocycles. The van der Waals surface area contributed by atoms with E-state index in [9.17, 15) is 19.2 Å².